The smallest absolute Gasteiger partial charge is 0.321 e. The molecule has 6 heteroatoms. The molecule has 114 valence electrons. The average molecular weight is 290 g/mol. The minimum atomic E-state index is -0.116. The molecule has 0 bridgehead atoms. The van der Waals surface area contributed by atoms with Crippen molar-refractivity contribution in [2.45, 2.75) is 19.4 Å². The molecule has 1 aliphatic rings. The fraction of sp³-hybridized carbons (Fsp3) is 0.467. The molecule has 1 heterocycles. The van der Waals surface area contributed by atoms with Gasteiger partial charge in [0.25, 0.3) is 5.91 Å². The van der Waals surface area contributed by atoms with Gasteiger partial charge in [-0.15, -0.1) is 0 Å². The van der Waals surface area contributed by atoms with E-state index >= 15 is 0 Å². The van der Waals surface area contributed by atoms with E-state index in [0.29, 0.717) is 25.2 Å². The van der Waals surface area contributed by atoms with Crippen LogP contribution in [0, 0.1) is 0 Å². The van der Waals surface area contributed by atoms with E-state index < -0.39 is 0 Å². The lowest BCUT2D eigenvalue weighted by Crippen LogP contribution is -2.46. The SMILES string of the molecule is CC(CN)N(C)C(=O)c1cccc(N2CCCNC2=O)c1. The number of anilines is 1. The summed E-state index contributed by atoms with van der Waals surface area (Å²) in [6, 6.07) is 7.01. The molecule has 0 radical (unpaired) electrons. The molecule has 1 aromatic rings. The van der Waals surface area contributed by atoms with Gasteiger partial charge in [-0.3, -0.25) is 9.69 Å². The van der Waals surface area contributed by atoms with Gasteiger partial charge in [-0.05, 0) is 31.5 Å². The number of nitrogens with one attached hydrogen (secondary N) is 1. The normalized spacial score (nSPS) is 16.3. The van der Waals surface area contributed by atoms with Crippen molar-refractivity contribution in [3.05, 3.63) is 29.8 Å². The molecule has 1 aromatic carbocycles. The summed E-state index contributed by atoms with van der Waals surface area (Å²) in [5, 5.41) is 2.80. The molecule has 0 saturated carbocycles. The third kappa shape index (κ3) is 3.33. The Hall–Kier alpha value is -2.08. The van der Waals surface area contributed by atoms with Crippen molar-refractivity contribution in [1.82, 2.24) is 10.2 Å². The minimum Gasteiger partial charge on any atom is -0.338 e. The zero-order valence-corrected chi connectivity index (χ0v) is 12.5. The highest BCUT2D eigenvalue weighted by atomic mass is 16.2. The van der Waals surface area contributed by atoms with E-state index in [2.05, 4.69) is 5.32 Å². The summed E-state index contributed by atoms with van der Waals surface area (Å²) < 4.78 is 0. The van der Waals surface area contributed by atoms with Crippen molar-refractivity contribution in [1.29, 1.82) is 0 Å². The van der Waals surface area contributed by atoms with Crippen molar-refractivity contribution in [3.63, 3.8) is 0 Å². The largest absolute Gasteiger partial charge is 0.338 e. The van der Waals surface area contributed by atoms with Crippen LogP contribution in [0.3, 0.4) is 0 Å². The molecule has 1 atom stereocenters. The van der Waals surface area contributed by atoms with Gasteiger partial charge in [-0.2, -0.15) is 0 Å². The maximum absolute atomic E-state index is 12.4. The van der Waals surface area contributed by atoms with E-state index in [1.165, 1.54) is 0 Å². The van der Waals surface area contributed by atoms with Gasteiger partial charge >= 0.3 is 6.03 Å². The number of benzene rings is 1. The monoisotopic (exact) mass is 290 g/mol. The number of rotatable bonds is 4. The first-order valence-corrected chi connectivity index (χ1v) is 7.17. The summed E-state index contributed by atoms with van der Waals surface area (Å²) in [4.78, 5) is 27.6. The second-order valence-corrected chi connectivity index (χ2v) is 5.29. The van der Waals surface area contributed by atoms with Crippen LogP contribution in [0.25, 0.3) is 0 Å². The highest BCUT2D eigenvalue weighted by molar-refractivity contribution is 5.98. The third-order valence-corrected chi connectivity index (χ3v) is 3.81. The van der Waals surface area contributed by atoms with Crippen LogP contribution >= 0.6 is 0 Å². The lowest BCUT2D eigenvalue weighted by atomic mass is 10.1. The van der Waals surface area contributed by atoms with Crippen LogP contribution in [-0.2, 0) is 0 Å². The van der Waals surface area contributed by atoms with Crippen molar-refractivity contribution in [3.8, 4) is 0 Å². The fourth-order valence-corrected chi connectivity index (χ4v) is 2.24. The van der Waals surface area contributed by atoms with Gasteiger partial charge in [0.2, 0.25) is 0 Å². The maximum atomic E-state index is 12.4. The van der Waals surface area contributed by atoms with Crippen molar-refractivity contribution in [2.75, 3.05) is 31.6 Å². The molecular formula is C15H22N4O2. The van der Waals surface area contributed by atoms with Gasteiger partial charge in [-0.1, -0.05) is 6.07 Å². The number of nitrogens with two attached hydrogens (primary N) is 1. The van der Waals surface area contributed by atoms with Crippen molar-refractivity contribution < 1.29 is 9.59 Å². The Morgan fingerprint density at radius 2 is 2.29 bits per heavy atom. The number of hydrogen-bond donors (Lipinski definition) is 2. The van der Waals surface area contributed by atoms with Crippen LogP contribution in [0.1, 0.15) is 23.7 Å². The second kappa shape index (κ2) is 6.58. The molecule has 3 N–H and O–H groups in total. The Morgan fingerprint density at radius 3 is 2.95 bits per heavy atom. The first-order chi connectivity index (χ1) is 10.0. The van der Waals surface area contributed by atoms with Crippen LogP contribution in [0.2, 0.25) is 0 Å². The number of nitrogens with zero attached hydrogens (tertiary/aromatic N) is 2. The summed E-state index contributed by atoms with van der Waals surface area (Å²) >= 11 is 0. The fourth-order valence-electron chi connectivity index (χ4n) is 2.24. The predicted octanol–water partition coefficient (Wildman–Crippen LogP) is 1.03. The highest BCUT2D eigenvalue weighted by Crippen LogP contribution is 2.19. The predicted molar refractivity (Wildman–Crippen MR) is 82.4 cm³/mol. The molecule has 3 amide bonds. The van der Waals surface area contributed by atoms with Crippen molar-refractivity contribution >= 4 is 17.6 Å². The van der Waals surface area contributed by atoms with Crippen LogP contribution in [0.5, 0.6) is 0 Å². The molecular weight excluding hydrogens is 268 g/mol. The van der Waals surface area contributed by atoms with Crippen LogP contribution in [0.4, 0.5) is 10.5 Å². The first-order valence-electron chi connectivity index (χ1n) is 7.17. The number of urea groups is 1. The van der Waals surface area contributed by atoms with Gasteiger partial charge in [0.15, 0.2) is 0 Å². The summed E-state index contributed by atoms with van der Waals surface area (Å²) in [6.07, 6.45) is 0.897. The van der Waals surface area contributed by atoms with Crippen LogP contribution in [0.15, 0.2) is 24.3 Å². The van der Waals surface area contributed by atoms with Gasteiger partial charge in [-0.25, -0.2) is 4.79 Å². The zero-order chi connectivity index (χ0) is 15.4. The maximum Gasteiger partial charge on any atom is 0.321 e. The highest BCUT2D eigenvalue weighted by Gasteiger charge is 2.21. The topological polar surface area (TPSA) is 78.7 Å². The number of carbonyl (C=O) groups excluding carboxylic acids is 2. The van der Waals surface area contributed by atoms with Gasteiger partial charge < -0.3 is 16.0 Å². The first kappa shape index (κ1) is 15.3. The number of carbonyl (C=O) groups is 2. The Kier molecular flexibility index (Phi) is 4.80. The second-order valence-electron chi connectivity index (χ2n) is 5.29. The lowest BCUT2D eigenvalue weighted by molar-refractivity contribution is 0.0748. The van der Waals surface area contributed by atoms with E-state index in [1.807, 2.05) is 13.0 Å². The lowest BCUT2D eigenvalue weighted by Gasteiger charge is -2.28. The quantitative estimate of drug-likeness (QED) is 0.869. The molecule has 2 rings (SSSR count). The number of likely N-dealkylation sites (N-methyl/N-ethyl adjacent to an activating group) is 1. The molecule has 21 heavy (non-hydrogen) atoms. The van der Waals surface area contributed by atoms with Gasteiger partial charge in [0, 0.05) is 44.0 Å². The molecule has 1 aliphatic heterocycles. The molecule has 1 unspecified atom stereocenters. The van der Waals surface area contributed by atoms with Crippen molar-refractivity contribution in [2.24, 2.45) is 5.73 Å². The molecule has 0 spiro atoms. The van der Waals surface area contributed by atoms with E-state index in [9.17, 15) is 9.59 Å². The molecule has 1 fully saturated rings. The number of hydrogen-bond acceptors (Lipinski definition) is 3. The van der Waals surface area contributed by atoms with Crippen LogP contribution in [-0.4, -0.2) is 49.6 Å². The Bertz CT molecular complexity index is 532. The summed E-state index contributed by atoms with van der Waals surface area (Å²) in [5.74, 6) is -0.0905. The molecule has 0 aromatic heterocycles. The average Bonchev–Trinajstić information content (AvgIpc) is 2.53. The Labute approximate surface area is 124 Å². The van der Waals surface area contributed by atoms with E-state index in [-0.39, 0.29) is 18.0 Å². The molecule has 6 nitrogen and oxygen atoms in total. The standard InChI is InChI=1S/C15H22N4O2/c1-11(10-16)18(2)14(20)12-5-3-6-13(9-12)19-8-4-7-17-15(19)21/h3,5-6,9,11H,4,7-8,10,16H2,1-2H3,(H,17,21). The van der Waals surface area contributed by atoms with E-state index in [4.69, 9.17) is 5.73 Å². The number of amides is 3. The summed E-state index contributed by atoms with van der Waals surface area (Å²) in [6.45, 7) is 3.68. The Balaban J connectivity index is 2.21. The van der Waals surface area contributed by atoms with Crippen LogP contribution < -0.4 is 16.0 Å². The molecule has 1 saturated heterocycles. The van der Waals surface area contributed by atoms with E-state index in [0.717, 1.165) is 12.1 Å². The Morgan fingerprint density at radius 1 is 1.52 bits per heavy atom. The zero-order valence-electron chi connectivity index (χ0n) is 12.5. The van der Waals surface area contributed by atoms with E-state index in [1.54, 1.807) is 35.0 Å². The third-order valence-electron chi connectivity index (χ3n) is 3.81. The van der Waals surface area contributed by atoms with Gasteiger partial charge in [0.1, 0.15) is 0 Å². The summed E-state index contributed by atoms with van der Waals surface area (Å²) in [7, 11) is 1.74. The summed E-state index contributed by atoms with van der Waals surface area (Å²) in [5.41, 5.74) is 6.90. The minimum absolute atomic E-state index is 0.0283. The van der Waals surface area contributed by atoms with Gasteiger partial charge in [0.05, 0.1) is 0 Å². The molecule has 0 aliphatic carbocycles.